The van der Waals surface area contributed by atoms with E-state index in [9.17, 15) is 0 Å². The fourth-order valence-corrected chi connectivity index (χ4v) is 1.95. The van der Waals surface area contributed by atoms with Crippen molar-refractivity contribution >= 4 is 11.3 Å². The van der Waals surface area contributed by atoms with Gasteiger partial charge in [0, 0.05) is 37.2 Å². The van der Waals surface area contributed by atoms with E-state index in [0.29, 0.717) is 6.54 Å². The van der Waals surface area contributed by atoms with Gasteiger partial charge in [-0.1, -0.05) is 6.07 Å². The number of nitrogens with two attached hydrogens (primary N) is 1. The Morgan fingerprint density at radius 3 is 2.93 bits per heavy atom. The van der Waals surface area contributed by atoms with E-state index in [0.717, 1.165) is 19.6 Å². The first-order chi connectivity index (χ1) is 7.20. The summed E-state index contributed by atoms with van der Waals surface area (Å²) < 4.78 is 5.08. The van der Waals surface area contributed by atoms with Crippen LogP contribution in [0.3, 0.4) is 0 Å². The van der Waals surface area contributed by atoms with Crippen LogP contribution in [-0.2, 0) is 11.3 Å². The van der Waals surface area contributed by atoms with Crippen molar-refractivity contribution in [2.75, 3.05) is 20.3 Å². The molecule has 1 aromatic rings. The lowest BCUT2D eigenvalue weighted by Gasteiger charge is -2.29. The molecule has 0 aliphatic heterocycles. The maximum Gasteiger partial charge on any atom is 0.0480 e. The molecule has 4 heteroatoms. The quantitative estimate of drug-likeness (QED) is 0.745. The Labute approximate surface area is 95.6 Å². The van der Waals surface area contributed by atoms with Gasteiger partial charge >= 0.3 is 0 Å². The first-order valence-electron chi connectivity index (χ1n) is 5.16. The zero-order chi connectivity index (χ0) is 11.1. The van der Waals surface area contributed by atoms with Crippen molar-refractivity contribution in [1.29, 1.82) is 0 Å². The topological polar surface area (TPSA) is 47.3 Å². The molecule has 0 bridgehead atoms. The standard InChI is InChI=1S/C11H20N2OS/c1-11(9-12,5-6-14-2)13-8-10-4-3-7-15-10/h3-4,7,13H,5-6,8-9,12H2,1-2H3. The molecule has 1 atom stereocenters. The summed E-state index contributed by atoms with van der Waals surface area (Å²) >= 11 is 1.76. The van der Waals surface area contributed by atoms with Crippen LogP contribution in [0.5, 0.6) is 0 Å². The minimum atomic E-state index is -0.0278. The molecule has 0 aromatic carbocycles. The predicted molar refractivity (Wildman–Crippen MR) is 65.1 cm³/mol. The van der Waals surface area contributed by atoms with Gasteiger partial charge in [-0.3, -0.25) is 0 Å². The molecule has 3 N–H and O–H groups in total. The van der Waals surface area contributed by atoms with Crippen LogP contribution < -0.4 is 11.1 Å². The van der Waals surface area contributed by atoms with Crippen molar-refractivity contribution in [3.05, 3.63) is 22.4 Å². The number of hydrogen-bond acceptors (Lipinski definition) is 4. The van der Waals surface area contributed by atoms with Crippen LogP contribution in [0.25, 0.3) is 0 Å². The van der Waals surface area contributed by atoms with Crippen molar-refractivity contribution < 1.29 is 4.74 Å². The Kier molecular flexibility index (Phi) is 5.25. The maximum absolute atomic E-state index is 5.77. The monoisotopic (exact) mass is 228 g/mol. The summed E-state index contributed by atoms with van der Waals surface area (Å²) in [5.74, 6) is 0. The lowest BCUT2D eigenvalue weighted by atomic mass is 9.98. The van der Waals surface area contributed by atoms with Gasteiger partial charge in [0.1, 0.15) is 0 Å². The Bertz CT molecular complexity index is 264. The van der Waals surface area contributed by atoms with Crippen LogP contribution in [0.2, 0.25) is 0 Å². The van der Waals surface area contributed by atoms with Gasteiger partial charge in [-0.25, -0.2) is 0 Å². The van der Waals surface area contributed by atoms with E-state index < -0.39 is 0 Å². The number of thiophene rings is 1. The van der Waals surface area contributed by atoms with Crippen molar-refractivity contribution in [2.45, 2.75) is 25.4 Å². The van der Waals surface area contributed by atoms with Gasteiger partial charge in [0.25, 0.3) is 0 Å². The average molecular weight is 228 g/mol. The van der Waals surface area contributed by atoms with Gasteiger partial charge in [0.2, 0.25) is 0 Å². The first-order valence-corrected chi connectivity index (χ1v) is 6.04. The largest absolute Gasteiger partial charge is 0.385 e. The molecule has 1 heterocycles. The average Bonchev–Trinajstić information content (AvgIpc) is 2.76. The number of methoxy groups -OCH3 is 1. The van der Waals surface area contributed by atoms with Crippen molar-refractivity contribution in [2.24, 2.45) is 5.73 Å². The highest BCUT2D eigenvalue weighted by molar-refractivity contribution is 7.09. The fraction of sp³-hybridized carbons (Fsp3) is 0.636. The van der Waals surface area contributed by atoms with Gasteiger partial charge in [-0.15, -0.1) is 11.3 Å². The predicted octanol–water partition coefficient (Wildman–Crippen LogP) is 1.59. The Morgan fingerprint density at radius 2 is 2.40 bits per heavy atom. The molecule has 0 fully saturated rings. The summed E-state index contributed by atoms with van der Waals surface area (Å²) in [6.45, 7) is 4.39. The third-order valence-corrected chi connectivity index (χ3v) is 3.45. The van der Waals surface area contributed by atoms with Crippen LogP contribution in [0.15, 0.2) is 17.5 Å². The second-order valence-corrected chi connectivity index (χ2v) is 4.97. The van der Waals surface area contributed by atoms with E-state index in [-0.39, 0.29) is 5.54 Å². The van der Waals surface area contributed by atoms with Crippen molar-refractivity contribution in [3.8, 4) is 0 Å². The number of nitrogens with one attached hydrogen (secondary N) is 1. The molecule has 1 rings (SSSR count). The molecular formula is C11H20N2OS. The van der Waals surface area contributed by atoms with Crippen LogP contribution in [0.4, 0.5) is 0 Å². The molecule has 1 aromatic heterocycles. The highest BCUT2D eigenvalue weighted by Gasteiger charge is 2.21. The Morgan fingerprint density at radius 1 is 1.60 bits per heavy atom. The third-order valence-electron chi connectivity index (χ3n) is 2.58. The fourth-order valence-electron chi connectivity index (χ4n) is 1.30. The van der Waals surface area contributed by atoms with Gasteiger partial charge < -0.3 is 15.8 Å². The lowest BCUT2D eigenvalue weighted by Crippen LogP contribution is -2.48. The first kappa shape index (κ1) is 12.6. The molecular weight excluding hydrogens is 208 g/mol. The number of hydrogen-bond donors (Lipinski definition) is 2. The summed E-state index contributed by atoms with van der Waals surface area (Å²) in [5, 5.41) is 5.58. The molecule has 15 heavy (non-hydrogen) atoms. The zero-order valence-electron chi connectivity index (χ0n) is 9.45. The van der Waals surface area contributed by atoms with E-state index in [1.165, 1.54) is 4.88 Å². The van der Waals surface area contributed by atoms with E-state index in [4.69, 9.17) is 10.5 Å². The summed E-state index contributed by atoms with van der Waals surface area (Å²) in [6, 6.07) is 4.20. The molecule has 0 radical (unpaired) electrons. The minimum absolute atomic E-state index is 0.0278. The Hall–Kier alpha value is -0.420. The van der Waals surface area contributed by atoms with Crippen molar-refractivity contribution in [3.63, 3.8) is 0 Å². The van der Waals surface area contributed by atoms with Crippen LogP contribution >= 0.6 is 11.3 Å². The smallest absolute Gasteiger partial charge is 0.0480 e. The van der Waals surface area contributed by atoms with E-state index >= 15 is 0 Å². The SMILES string of the molecule is COCCC(C)(CN)NCc1cccs1. The number of rotatable bonds is 7. The highest BCUT2D eigenvalue weighted by Crippen LogP contribution is 2.12. The van der Waals surface area contributed by atoms with E-state index in [2.05, 4.69) is 29.8 Å². The highest BCUT2D eigenvalue weighted by atomic mass is 32.1. The zero-order valence-corrected chi connectivity index (χ0v) is 10.3. The summed E-state index contributed by atoms with van der Waals surface area (Å²) in [7, 11) is 1.72. The molecule has 0 aliphatic rings. The molecule has 0 saturated carbocycles. The Balaban J connectivity index is 2.38. The van der Waals surface area contributed by atoms with Crippen LogP contribution in [0.1, 0.15) is 18.2 Å². The molecule has 0 spiro atoms. The lowest BCUT2D eigenvalue weighted by molar-refractivity contribution is 0.161. The second-order valence-electron chi connectivity index (χ2n) is 3.94. The second kappa shape index (κ2) is 6.23. The molecule has 0 saturated heterocycles. The van der Waals surface area contributed by atoms with Crippen LogP contribution in [-0.4, -0.2) is 25.8 Å². The molecule has 0 amide bonds. The molecule has 3 nitrogen and oxygen atoms in total. The molecule has 0 aliphatic carbocycles. The number of ether oxygens (including phenoxy) is 1. The van der Waals surface area contributed by atoms with Gasteiger partial charge in [0.15, 0.2) is 0 Å². The third kappa shape index (κ3) is 4.30. The van der Waals surface area contributed by atoms with Gasteiger partial charge in [-0.05, 0) is 24.8 Å². The van der Waals surface area contributed by atoms with Crippen molar-refractivity contribution in [1.82, 2.24) is 5.32 Å². The minimum Gasteiger partial charge on any atom is -0.385 e. The van der Waals surface area contributed by atoms with E-state index in [1.54, 1.807) is 18.4 Å². The van der Waals surface area contributed by atoms with Crippen LogP contribution in [0, 0.1) is 0 Å². The summed E-state index contributed by atoms with van der Waals surface area (Å²) in [5.41, 5.74) is 5.74. The normalized spacial score (nSPS) is 15.1. The summed E-state index contributed by atoms with van der Waals surface area (Å²) in [6.07, 6.45) is 0.936. The molecule has 1 unspecified atom stereocenters. The summed E-state index contributed by atoms with van der Waals surface area (Å²) in [4.78, 5) is 1.34. The molecule has 86 valence electrons. The maximum atomic E-state index is 5.77. The van der Waals surface area contributed by atoms with Gasteiger partial charge in [-0.2, -0.15) is 0 Å². The van der Waals surface area contributed by atoms with Gasteiger partial charge in [0.05, 0.1) is 0 Å². The van der Waals surface area contributed by atoms with E-state index in [1.807, 2.05) is 0 Å².